The van der Waals surface area contributed by atoms with Crippen LogP contribution in [0, 0.1) is 0 Å². The van der Waals surface area contributed by atoms with Gasteiger partial charge in [0.15, 0.2) is 0 Å². The third kappa shape index (κ3) is 3.37. The molecule has 0 heterocycles. The average molecular weight is 287 g/mol. The molecule has 0 atom stereocenters. The van der Waals surface area contributed by atoms with Crippen LogP contribution in [0.3, 0.4) is 0 Å². The van der Waals surface area contributed by atoms with E-state index in [9.17, 15) is 13.5 Å². The number of aliphatic hydroxyl groups is 1. The van der Waals surface area contributed by atoms with Gasteiger partial charge in [-0.2, -0.15) is 0 Å². The lowest BCUT2D eigenvalue weighted by atomic mass is 10.1. The van der Waals surface area contributed by atoms with Gasteiger partial charge in [-0.05, 0) is 26.0 Å². The summed E-state index contributed by atoms with van der Waals surface area (Å²) in [5.41, 5.74) is 5.97. The van der Waals surface area contributed by atoms with E-state index in [0.717, 1.165) is 4.31 Å². The fourth-order valence-corrected chi connectivity index (χ4v) is 2.51. The largest absolute Gasteiger partial charge is 0.396 e. The van der Waals surface area contributed by atoms with Crippen LogP contribution in [0.1, 0.15) is 13.8 Å². The summed E-state index contributed by atoms with van der Waals surface area (Å²) in [4.78, 5) is 0.0521. The monoisotopic (exact) mass is 287 g/mol. The first-order valence-electron chi connectivity index (χ1n) is 5.82. The number of aliphatic hydroxyl groups excluding tert-OH is 1. The molecule has 1 aromatic rings. The van der Waals surface area contributed by atoms with Crippen molar-refractivity contribution in [3.8, 4) is 0 Å². The highest BCUT2D eigenvalue weighted by atomic mass is 32.2. The van der Waals surface area contributed by atoms with Crippen molar-refractivity contribution in [2.45, 2.75) is 24.3 Å². The Balaban J connectivity index is 3.28. The quantitative estimate of drug-likeness (QED) is 0.693. The van der Waals surface area contributed by atoms with Crippen LogP contribution in [-0.2, 0) is 10.0 Å². The zero-order valence-corrected chi connectivity index (χ0v) is 12.5. The number of para-hydroxylation sites is 1. The van der Waals surface area contributed by atoms with Crippen LogP contribution in [0.4, 0.5) is 11.4 Å². The number of benzene rings is 1. The standard InChI is InChI=1S/C12H21N3O3S/c1-12(2,8-16)14-9-6-5-7-10(11(9)13)19(17,18)15(3)4/h5-7,14,16H,8,13H2,1-4H3. The molecule has 19 heavy (non-hydrogen) atoms. The van der Waals surface area contributed by atoms with Crippen molar-refractivity contribution in [1.82, 2.24) is 4.31 Å². The fourth-order valence-electron chi connectivity index (χ4n) is 1.48. The highest BCUT2D eigenvalue weighted by Crippen LogP contribution is 2.29. The van der Waals surface area contributed by atoms with Gasteiger partial charge in [0.05, 0.1) is 23.5 Å². The van der Waals surface area contributed by atoms with E-state index < -0.39 is 15.6 Å². The lowest BCUT2D eigenvalue weighted by Crippen LogP contribution is -2.35. The smallest absolute Gasteiger partial charge is 0.244 e. The van der Waals surface area contributed by atoms with Crippen LogP contribution in [0.5, 0.6) is 0 Å². The molecule has 0 bridgehead atoms. The van der Waals surface area contributed by atoms with Crippen molar-refractivity contribution in [3.63, 3.8) is 0 Å². The van der Waals surface area contributed by atoms with Gasteiger partial charge in [0, 0.05) is 14.1 Å². The first-order chi connectivity index (χ1) is 8.62. The molecule has 0 amide bonds. The van der Waals surface area contributed by atoms with Crippen LogP contribution < -0.4 is 11.1 Å². The Bertz CT molecular complexity index is 553. The Morgan fingerprint density at radius 1 is 1.37 bits per heavy atom. The molecule has 1 rings (SSSR count). The molecule has 7 heteroatoms. The zero-order chi connectivity index (χ0) is 14.8. The van der Waals surface area contributed by atoms with E-state index in [4.69, 9.17) is 5.73 Å². The molecule has 0 saturated carbocycles. The summed E-state index contributed by atoms with van der Waals surface area (Å²) in [6, 6.07) is 4.76. The van der Waals surface area contributed by atoms with Crippen LogP contribution in [0.25, 0.3) is 0 Å². The number of hydrogen-bond donors (Lipinski definition) is 3. The van der Waals surface area contributed by atoms with E-state index in [2.05, 4.69) is 5.32 Å². The van der Waals surface area contributed by atoms with E-state index in [1.807, 2.05) is 0 Å². The van der Waals surface area contributed by atoms with Gasteiger partial charge < -0.3 is 16.2 Å². The molecule has 108 valence electrons. The minimum absolute atomic E-state index is 0.0521. The number of nitrogen functional groups attached to an aromatic ring is 1. The van der Waals surface area contributed by atoms with Crippen molar-refractivity contribution in [1.29, 1.82) is 0 Å². The summed E-state index contributed by atoms with van der Waals surface area (Å²) in [5.74, 6) is 0. The molecule has 0 aliphatic heterocycles. The lowest BCUT2D eigenvalue weighted by molar-refractivity contribution is 0.234. The van der Waals surface area contributed by atoms with E-state index in [1.165, 1.54) is 20.2 Å². The maximum absolute atomic E-state index is 12.1. The van der Waals surface area contributed by atoms with Crippen molar-refractivity contribution < 1.29 is 13.5 Å². The highest BCUT2D eigenvalue weighted by Gasteiger charge is 2.24. The van der Waals surface area contributed by atoms with Gasteiger partial charge in [-0.3, -0.25) is 0 Å². The Labute approximate surface area is 114 Å². The SMILES string of the molecule is CN(C)S(=O)(=O)c1cccc(NC(C)(C)CO)c1N. The second-order valence-electron chi connectivity index (χ2n) is 5.17. The number of hydrogen-bond acceptors (Lipinski definition) is 5. The number of sulfonamides is 1. The normalized spacial score (nSPS) is 12.7. The molecule has 0 aliphatic rings. The Kier molecular flexibility index (Phi) is 4.44. The minimum Gasteiger partial charge on any atom is -0.396 e. The summed E-state index contributed by atoms with van der Waals surface area (Å²) < 4.78 is 25.3. The second kappa shape index (κ2) is 5.36. The number of nitrogens with one attached hydrogen (secondary N) is 1. The second-order valence-corrected chi connectivity index (χ2v) is 7.29. The van der Waals surface area contributed by atoms with E-state index in [0.29, 0.717) is 5.69 Å². The summed E-state index contributed by atoms with van der Waals surface area (Å²) >= 11 is 0. The van der Waals surface area contributed by atoms with Gasteiger partial charge in [-0.25, -0.2) is 12.7 Å². The van der Waals surface area contributed by atoms with Gasteiger partial charge in [0.2, 0.25) is 10.0 Å². The average Bonchev–Trinajstić information content (AvgIpc) is 2.31. The summed E-state index contributed by atoms with van der Waals surface area (Å²) in [6.07, 6.45) is 0. The first kappa shape index (κ1) is 15.7. The molecule has 0 spiro atoms. The van der Waals surface area contributed by atoms with Crippen LogP contribution >= 0.6 is 0 Å². The van der Waals surface area contributed by atoms with Crippen molar-refractivity contribution in [2.24, 2.45) is 0 Å². The molecule has 0 aliphatic carbocycles. The molecule has 0 saturated heterocycles. The summed E-state index contributed by atoms with van der Waals surface area (Å²) in [6.45, 7) is 3.48. The van der Waals surface area contributed by atoms with Gasteiger partial charge in [0.25, 0.3) is 0 Å². The Morgan fingerprint density at radius 3 is 2.42 bits per heavy atom. The molecular formula is C12H21N3O3S. The van der Waals surface area contributed by atoms with Crippen molar-refractivity contribution in [3.05, 3.63) is 18.2 Å². The van der Waals surface area contributed by atoms with E-state index in [-0.39, 0.29) is 17.2 Å². The number of nitrogens with two attached hydrogens (primary N) is 1. The van der Waals surface area contributed by atoms with Crippen LogP contribution in [0.2, 0.25) is 0 Å². The van der Waals surface area contributed by atoms with Gasteiger partial charge >= 0.3 is 0 Å². The Morgan fingerprint density at radius 2 is 1.95 bits per heavy atom. The predicted molar refractivity (Wildman–Crippen MR) is 76.5 cm³/mol. The molecule has 6 nitrogen and oxygen atoms in total. The van der Waals surface area contributed by atoms with Crippen molar-refractivity contribution >= 4 is 21.4 Å². The van der Waals surface area contributed by atoms with Gasteiger partial charge in [-0.15, -0.1) is 0 Å². The Hall–Kier alpha value is -1.31. The molecule has 0 unspecified atom stereocenters. The lowest BCUT2D eigenvalue weighted by Gasteiger charge is -2.26. The minimum atomic E-state index is -3.59. The number of nitrogens with zero attached hydrogens (tertiary/aromatic N) is 1. The van der Waals surface area contributed by atoms with Crippen LogP contribution in [-0.4, -0.2) is 44.1 Å². The molecular weight excluding hydrogens is 266 g/mol. The van der Waals surface area contributed by atoms with E-state index >= 15 is 0 Å². The fraction of sp³-hybridized carbons (Fsp3) is 0.500. The molecule has 0 aromatic heterocycles. The summed E-state index contributed by atoms with van der Waals surface area (Å²) in [5, 5.41) is 12.3. The van der Waals surface area contributed by atoms with Gasteiger partial charge in [-0.1, -0.05) is 6.07 Å². The molecule has 0 fully saturated rings. The number of anilines is 2. The third-order valence-corrected chi connectivity index (χ3v) is 4.57. The predicted octanol–water partition coefficient (Wildman–Crippen LogP) is 0.702. The molecule has 1 aromatic carbocycles. The summed E-state index contributed by atoms with van der Waals surface area (Å²) in [7, 11) is -0.685. The van der Waals surface area contributed by atoms with Crippen molar-refractivity contribution in [2.75, 3.05) is 31.8 Å². The topological polar surface area (TPSA) is 95.7 Å². The third-order valence-electron chi connectivity index (χ3n) is 2.69. The van der Waals surface area contributed by atoms with Crippen LogP contribution in [0.15, 0.2) is 23.1 Å². The maximum atomic E-state index is 12.1. The highest BCUT2D eigenvalue weighted by molar-refractivity contribution is 7.89. The van der Waals surface area contributed by atoms with E-state index in [1.54, 1.807) is 26.0 Å². The van der Waals surface area contributed by atoms with Gasteiger partial charge in [0.1, 0.15) is 4.90 Å². The first-order valence-corrected chi connectivity index (χ1v) is 7.26. The number of rotatable bonds is 5. The zero-order valence-electron chi connectivity index (χ0n) is 11.6. The maximum Gasteiger partial charge on any atom is 0.244 e. The molecule has 4 N–H and O–H groups in total. The molecule has 0 radical (unpaired) electrons.